The smallest absolute Gasteiger partial charge is 0.407 e. The number of para-hydroxylation sites is 3. The summed E-state index contributed by atoms with van der Waals surface area (Å²) in [7, 11) is 1.60. The summed E-state index contributed by atoms with van der Waals surface area (Å²) in [5.41, 5.74) is 1.34. The van der Waals surface area contributed by atoms with Gasteiger partial charge in [0.25, 0.3) is 0 Å². The van der Waals surface area contributed by atoms with E-state index in [0.29, 0.717) is 17.8 Å². The first kappa shape index (κ1) is 24.7. The maximum Gasteiger partial charge on any atom is 0.407 e. The number of nitrogens with one attached hydrogen (secondary N) is 3. The normalized spacial score (nSPS) is 10.8. The van der Waals surface area contributed by atoms with Crippen molar-refractivity contribution in [2.75, 3.05) is 24.3 Å². The van der Waals surface area contributed by atoms with Crippen LogP contribution in [-0.2, 0) is 20.7 Å². The molecule has 3 amide bonds. The molecule has 2 aromatic carbocycles. The van der Waals surface area contributed by atoms with Gasteiger partial charge in [-0.25, -0.2) is 4.79 Å². The number of ether oxygens (including phenoxy) is 2. The molecule has 3 N–H and O–H groups in total. The van der Waals surface area contributed by atoms with Crippen LogP contribution in [-0.4, -0.2) is 37.2 Å². The van der Waals surface area contributed by atoms with Gasteiger partial charge in [-0.2, -0.15) is 0 Å². The first-order chi connectivity index (χ1) is 15.2. The fourth-order valence-electron chi connectivity index (χ4n) is 2.88. The highest BCUT2D eigenvalue weighted by Gasteiger charge is 2.16. The van der Waals surface area contributed by atoms with Gasteiger partial charge in [-0.1, -0.05) is 30.3 Å². The van der Waals surface area contributed by atoms with Crippen molar-refractivity contribution in [3.8, 4) is 5.75 Å². The highest BCUT2D eigenvalue weighted by atomic mass is 16.6. The Kier molecular flexibility index (Phi) is 9.07. The van der Waals surface area contributed by atoms with Crippen molar-refractivity contribution in [2.45, 2.75) is 45.6 Å². The molecule has 0 aliphatic heterocycles. The average Bonchev–Trinajstić information content (AvgIpc) is 2.72. The maximum atomic E-state index is 12.5. The van der Waals surface area contributed by atoms with Crippen LogP contribution in [0.25, 0.3) is 0 Å². The molecule has 0 radical (unpaired) electrons. The van der Waals surface area contributed by atoms with Crippen LogP contribution >= 0.6 is 0 Å². The fraction of sp³-hybridized carbons (Fsp3) is 0.375. The number of amides is 3. The number of aryl methyl sites for hydroxylation is 1. The summed E-state index contributed by atoms with van der Waals surface area (Å²) < 4.78 is 10.4. The Morgan fingerprint density at radius 2 is 1.41 bits per heavy atom. The Balaban J connectivity index is 1.85. The molecular formula is C24H31N3O5. The SMILES string of the molecule is COc1ccccc1CCC(=O)Nc1ccccc1NC(=O)CCNC(=O)OC(C)(C)C. The van der Waals surface area contributed by atoms with Crippen molar-refractivity contribution >= 4 is 29.3 Å². The van der Waals surface area contributed by atoms with Crippen LogP contribution in [0.15, 0.2) is 48.5 Å². The quantitative estimate of drug-likeness (QED) is 0.543. The van der Waals surface area contributed by atoms with Crippen LogP contribution in [0.3, 0.4) is 0 Å². The number of carbonyl (C=O) groups is 3. The Morgan fingerprint density at radius 1 is 0.844 bits per heavy atom. The van der Waals surface area contributed by atoms with E-state index in [1.807, 2.05) is 24.3 Å². The Labute approximate surface area is 188 Å². The summed E-state index contributed by atoms with van der Waals surface area (Å²) in [5, 5.41) is 8.15. The minimum absolute atomic E-state index is 0.0648. The van der Waals surface area contributed by atoms with Gasteiger partial charge in [0.05, 0.1) is 18.5 Å². The van der Waals surface area contributed by atoms with Crippen LogP contribution in [0.2, 0.25) is 0 Å². The maximum absolute atomic E-state index is 12.5. The first-order valence-corrected chi connectivity index (χ1v) is 10.5. The third-order valence-corrected chi connectivity index (χ3v) is 4.31. The molecule has 8 heteroatoms. The van der Waals surface area contributed by atoms with Crippen molar-refractivity contribution in [1.29, 1.82) is 0 Å². The fourth-order valence-corrected chi connectivity index (χ4v) is 2.88. The summed E-state index contributed by atoms with van der Waals surface area (Å²) in [6.45, 7) is 5.43. The van der Waals surface area contributed by atoms with Gasteiger partial charge in [-0.3, -0.25) is 9.59 Å². The number of rotatable bonds is 9. The topological polar surface area (TPSA) is 106 Å². The number of anilines is 2. The summed E-state index contributed by atoms with van der Waals surface area (Å²) >= 11 is 0. The summed E-state index contributed by atoms with van der Waals surface area (Å²) in [5.74, 6) is 0.272. The summed E-state index contributed by atoms with van der Waals surface area (Å²) in [6.07, 6.45) is 0.284. The van der Waals surface area contributed by atoms with Gasteiger partial charge in [0, 0.05) is 19.4 Å². The van der Waals surface area contributed by atoms with Gasteiger partial charge in [0.15, 0.2) is 0 Å². The molecule has 32 heavy (non-hydrogen) atoms. The lowest BCUT2D eigenvalue weighted by Gasteiger charge is -2.19. The highest BCUT2D eigenvalue weighted by molar-refractivity contribution is 5.99. The van der Waals surface area contributed by atoms with Gasteiger partial charge in [-0.15, -0.1) is 0 Å². The zero-order valence-corrected chi connectivity index (χ0v) is 19.0. The highest BCUT2D eigenvalue weighted by Crippen LogP contribution is 2.23. The second-order valence-electron chi connectivity index (χ2n) is 8.13. The number of benzene rings is 2. The van der Waals surface area contributed by atoms with Gasteiger partial charge in [-0.05, 0) is 51.0 Å². The first-order valence-electron chi connectivity index (χ1n) is 10.5. The third-order valence-electron chi connectivity index (χ3n) is 4.31. The van der Waals surface area contributed by atoms with Crippen LogP contribution in [0.5, 0.6) is 5.75 Å². The molecule has 0 fully saturated rings. The van der Waals surface area contributed by atoms with E-state index in [0.717, 1.165) is 11.3 Å². The van der Waals surface area contributed by atoms with Crippen molar-refractivity contribution in [2.24, 2.45) is 0 Å². The Bertz CT molecular complexity index is 937. The van der Waals surface area contributed by atoms with Crippen LogP contribution in [0.1, 0.15) is 39.2 Å². The standard InChI is InChI=1S/C24H31N3O5/c1-24(2,3)32-23(30)25-16-15-22(29)27-19-11-7-6-10-18(19)26-21(28)14-13-17-9-5-8-12-20(17)31-4/h5-12H,13-16H2,1-4H3,(H,25,30)(H,26,28)(H,27,29). The molecule has 0 aliphatic carbocycles. The molecule has 2 aromatic rings. The second kappa shape index (κ2) is 11.7. The molecule has 0 spiro atoms. The average molecular weight is 442 g/mol. The lowest BCUT2D eigenvalue weighted by atomic mass is 10.1. The number of hydrogen-bond donors (Lipinski definition) is 3. The van der Waals surface area contributed by atoms with E-state index in [2.05, 4.69) is 16.0 Å². The van der Waals surface area contributed by atoms with E-state index in [9.17, 15) is 14.4 Å². The zero-order valence-electron chi connectivity index (χ0n) is 19.0. The van der Waals surface area contributed by atoms with Crippen LogP contribution < -0.4 is 20.7 Å². The predicted molar refractivity (Wildman–Crippen MR) is 124 cm³/mol. The largest absolute Gasteiger partial charge is 0.496 e. The molecule has 0 saturated heterocycles. The van der Waals surface area contributed by atoms with E-state index >= 15 is 0 Å². The minimum Gasteiger partial charge on any atom is -0.496 e. The molecule has 0 atom stereocenters. The van der Waals surface area contributed by atoms with Gasteiger partial charge in [0.2, 0.25) is 11.8 Å². The Hall–Kier alpha value is -3.55. The molecule has 0 aliphatic rings. The van der Waals surface area contributed by atoms with Gasteiger partial charge in [0.1, 0.15) is 11.4 Å². The second-order valence-corrected chi connectivity index (χ2v) is 8.13. The number of methoxy groups -OCH3 is 1. The lowest BCUT2D eigenvalue weighted by molar-refractivity contribution is -0.117. The Morgan fingerprint density at radius 3 is 2.00 bits per heavy atom. The van der Waals surface area contributed by atoms with E-state index in [1.54, 1.807) is 52.1 Å². The van der Waals surface area contributed by atoms with Gasteiger partial charge < -0.3 is 25.4 Å². The number of hydrogen-bond acceptors (Lipinski definition) is 5. The molecule has 0 heterocycles. The van der Waals surface area contributed by atoms with Crippen molar-refractivity contribution < 1.29 is 23.9 Å². The van der Waals surface area contributed by atoms with Gasteiger partial charge >= 0.3 is 6.09 Å². The monoisotopic (exact) mass is 441 g/mol. The van der Waals surface area contributed by atoms with Crippen LogP contribution in [0, 0.1) is 0 Å². The number of alkyl carbamates (subject to hydrolysis) is 1. The van der Waals surface area contributed by atoms with E-state index in [-0.39, 0.29) is 31.2 Å². The van der Waals surface area contributed by atoms with Crippen molar-refractivity contribution in [1.82, 2.24) is 5.32 Å². The molecule has 172 valence electrons. The molecular weight excluding hydrogens is 410 g/mol. The summed E-state index contributed by atoms with van der Waals surface area (Å²) in [6, 6.07) is 14.5. The van der Waals surface area contributed by atoms with Crippen LogP contribution in [0.4, 0.5) is 16.2 Å². The molecule has 0 saturated carbocycles. The van der Waals surface area contributed by atoms with Crippen molar-refractivity contribution in [3.05, 3.63) is 54.1 Å². The molecule has 2 rings (SSSR count). The van der Waals surface area contributed by atoms with E-state index < -0.39 is 11.7 Å². The third kappa shape index (κ3) is 8.67. The van der Waals surface area contributed by atoms with Crippen molar-refractivity contribution in [3.63, 3.8) is 0 Å². The molecule has 8 nitrogen and oxygen atoms in total. The van der Waals surface area contributed by atoms with E-state index in [4.69, 9.17) is 9.47 Å². The van der Waals surface area contributed by atoms with E-state index in [1.165, 1.54) is 0 Å². The number of carbonyl (C=O) groups excluding carboxylic acids is 3. The molecule has 0 aromatic heterocycles. The molecule has 0 bridgehead atoms. The molecule has 0 unspecified atom stereocenters. The zero-order chi connectivity index (χ0) is 23.6. The predicted octanol–water partition coefficient (Wildman–Crippen LogP) is 4.12. The minimum atomic E-state index is -0.602. The summed E-state index contributed by atoms with van der Waals surface area (Å²) in [4.78, 5) is 36.4. The lowest BCUT2D eigenvalue weighted by Crippen LogP contribution is -2.34.